The average Bonchev–Trinajstić information content (AvgIpc) is 2.62. The number of hydrogen-bond acceptors (Lipinski definition) is 5. The number of piperazine rings is 1. The van der Waals surface area contributed by atoms with E-state index in [1.807, 2.05) is 24.3 Å². The SMILES string of the molecule is N=C(N)c1ccc(N2CCN(C3(CC(=O)O)CCNCC3)CC2)cc1. The monoisotopic (exact) mass is 345 g/mol. The van der Waals surface area contributed by atoms with Crippen LogP contribution < -0.4 is 16.0 Å². The molecular weight excluding hydrogens is 318 g/mol. The van der Waals surface area contributed by atoms with Crippen LogP contribution in [0.4, 0.5) is 5.69 Å². The summed E-state index contributed by atoms with van der Waals surface area (Å²) in [7, 11) is 0. The van der Waals surface area contributed by atoms with Crippen molar-refractivity contribution in [3.8, 4) is 0 Å². The number of nitrogens with one attached hydrogen (secondary N) is 2. The smallest absolute Gasteiger partial charge is 0.305 e. The van der Waals surface area contributed by atoms with Gasteiger partial charge in [-0.05, 0) is 50.2 Å². The molecule has 5 N–H and O–H groups in total. The molecule has 2 heterocycles. The molecule has 7 nitrogen and oxygen atoms in total. The van der Waals surface area contributed by atoms with Gasteiger partial charge in [-0.3, -0.25) is 15.1 Å². The van der Waals surface area contributed by atoms with Gasteiger partial charge in [-0.25, -0.2) is 0 Å². The lowest BCUT2D eigenvalue weighted by Crippen LogP contribution is -2.61. The Morgan fingerprint density at radius 2 is 1.76 bits per heavy atom. The second kappa shape index (κ2) is 7.41. The van der Waals surface area contributed by atoms with E-state index in [0.29, 0.717) is 0 Å². The highest BCUT2D eigenvalue weighted by atomic mass is 16.4. The minimum absolute atomic E-state index is 0.0814. The standard InChI is InChI=1S/C18H27N5O2/c19-17(20)14-1-3-15(4-2-14)22-9-11-23(12-10-22)18(13-16(24)25)5-7-21-8-6-18/h1-4,21H,5-13H2,(H3,19,20)(H,24,25). The van der Waals surface area contributed by atoms with Gasteiger partial charge >= 0.3 is 5.97 Å². The molecule has 7 heteroatoms. The maximum atomic E-state index is 11.4. The summed E-state index contributed by atoms with van der Waals surface area (Å²) in [5.74, 6) is -0.623. The molecule has 2 fully saturated rings. The molecule has 0 amide bonds. The van der Waals surface area contributed by atoms with Crippen molar-refractivity contribution in [3.05, 3.63) is 29.8 Å². The van der Waals surface area contributed by atoms with Gasteiger partial charge in [-0.15, -0.1) is 0 Å². The zero-order valence-electron chi connectivity index (χ0n) is 14.5. The van der Waals surface area contributed by atoms with E-state index in [1.54, 1.807) is 0 Å². The van der Waals surface area contributed by atoms with Gasteiger partial charge in [-0.2, -0.15) is 0 Å². The molecule has 0 saturated carbocycles. The average molecular weight is 345 g/mol. The molecule has 2 aliphatic heterocycles. The van der Waals surface area contributed by atoms with Crippen LogP contribution in [0.5, 0.6) is 0 Å². The maximum absolute atomic E-state index is 11.4. The summed E-state index contributed by atoms with van der Waals surface area (Å²) in [6.07, 6.45) is 2.02. The number of carbonyl (C=O) groups is 1. The van der Waals surface area contributed by atoms with Crippen LogP contribution in [0.25, 0.3) is 0 Å². The van der Waals surface area contributed by atoms with Crippen molar-refractivity contribution in [1.82, 2.24) is 10.2 Å². The van der Waals surface area contributed by atoms with E-state index in [0.717, 1.165) is 63.4 Å². The molecule has 0 radical (unpaired) electrons. The van der Waals surface area contributed by atoms with Crippen LogP contribution in [0.2, 0.25) is 0 Å². The van der Waals surface area contributed by atoms with E-state index in [1.165, 1.54) is 0 Å². The summed E-state index contributed by atoms with van der Waals surface area (Å²) in [6, 6.07) is 7.76. The number of amidine groups is 1. The summed E-state index contributed by atoms with van der Waals surface area (Å²) in [5, 5.41) is 20.2. The number of hydrogen-bond donors (Lipinski definition) is 4. The van der Waals surface area contributed by atoms with Crippen molar-refractivity contribution in [2.45, 2.75) is 24.8 Å². The van der Waals surface area contributed by atoms with Crippen molar-refractivity contribution < 1.29 is 9.90 Å². The number of anilines is 1. The lowest BCUT2D eigenvalue weighted by atomic mass is 9.82. The third kappa shape index (κ3) is 3.93. The third-order valence-corrected chi connectivity index (χ3v) is 5.51. The number of rotatable bonds is 5. The summed E-state index contributed by atoms with van der Waals surface area (Å²) in [4.78, 5) is 16.1. The number of nitrogens with zero attached hydrogens (tertiary/aromatic N) is 2. The largest absolute Gasteiger partial charge is 0.481 e. The molecular formula is C18H27N5O2. The highest BCUT2D eigenvalue weighted by Gasteiger charge is 2.41. The topological polar surface area (TPSA) is 106 Å². The molecule has 25 heavy (non-hydrogen) atoms. The first-order valence-electron chi connectivity index (χ1n) is 8.87. The predicted octanol–water partition coefficient (Wildman–Crippen LogP) is 0.690. The van der Waals surface area contributed by atoms with E-state index < -0.39 is 5.97 Å². The Morgan fingerprint density at radius 3 is 2.28 bits per heavy atom. The molecule has 3 rings (SSSR count). The van der Waals surface area contributed by atoms with Gasteiger partial charge in [-0.1, -0.05) is 0 Å². The van der Waals surface area contributed by atoms with Crippen LogP contribution in [-0.2, 0) is 4.79 Å². The van der Waals surface area contributed by atoms with Gasteiger partial charge in [0, 0.05) is 43.0 Å². The number of nitrogen functional groups attached to an aromatic ring is 1. The van der Waals surface area contributed by atoms with Crippen molar-refractivity contribution in [1.29, 1.82) is 5.41 Å². The normalized spacial score (nSPS) is 21.0. The van der Waals surface area contributed by atoms with Crippen LogP contribution in [0.1, 0.15) is 24.8 Å². The molecule has 0 atom stereocenters. The molecule has 2 aliphatic rings. The number of benzene rings is 1. The fourth-order valence-corrected chi connectivity index (χ4v) is 4.07. The van der Waals surface area contributed by atoms with E-state index in [2.05, 4.69) is 15.1 Å². The number of piperidine rings is 1. The quantitative estimate of drug-likeness (QED) is 0.462. The first-order chi connectivity index (χ1) is 12.0. The van der Waals surface area contributed by atoms with Gasteiger partial charge in [0.05, 0.1) is 6.42 Å². The minimum atomic E-state index is -0.704. The molecule has 1 aromatic carbocycles. The Labute approximate surface area is 148 Å². The van der Waals surface area contributed by atoms with Crippen molar-refractivity contribution in [2.24, 2.45) is 5.73 Å². The van der Waals surface area contributed by atoms with Gasteiger partial charge in [0.2, 0.25) is 0 Å². The van der Waals surface area contributed by atoms with Crippen molar-refractivity contribution in [3.63, 3.8) is 0 Å². The number of carboxylic acids is 1. The lowest BCUT2D eigenvalue weighted by molar-refractivity contribution is -0.141. The van der Waals surface area contributed by atoms with Crippen LogP contribution in [0.3, 0.4) is 0 Å². The summed E-state index contributed by atoms with van der Waals surface area (Å²) < 4.78 is 0. The van der Waals surface area contributed by atoms with Crippen LogP contribution in [-0.4, -0.2) is 66.6 Å². The Bertz CT molecular complexity index is 617. The molecule has 2 saturated heterocycles. The van der Waals surface area contributed by atoms with E-state index in [9.17, 15) is 9.90 Å². The van der Waals surface area contributed by atoms with E-state index in [4.69, 9.17) is 11.1 Å². The van der Waals surface area contributed by atoms with Crippen LogP contribution in [0, 0.1) is 5.41 Å². The Hall–Kier alpha value is -2.12. The fraction of sp³-hybridized carbons (Fsp3) is 0.556. The van der Waals surface area contributed by atoms with Gasteiger partial charge in [0.25, 0.3) is 0 Å². The van der Waals surface area contributed by atoms with E-state index >= 15 is 0 Å². The molecule has 0 unspecified atom stereocenters. The Kier molecular flexibility index (Phi) is 5.24. The summed E-state index contributed by atoms with van der Waals surface area (Å²) in [6.45, 7) is 5.30. The lowest BCUT2D eigenvalue weighted by Gasteiger charge is -2.49. The number of nitrogens with two attached hydrogens (primary N) is 1. The predicted molar refractivity (Wildman–Crippen MR) is 98.3 cm³/mol. The molecule has 0 aromatic heterocycles. The maximum Gasteiger partial charge on any atom is 0.305 e. The van der Waals surface area contributed by atoms with Crippen LogP contribution in [0.15, 0.2) is 24.3 Å². The molecule has 0 bridgehead atoms. The fourth-order valence-electron chi connectivity index (χ4n) is 4.07. The van der Waals surface area contributed by atoms with Crippen molar-refractivity contribution in [2.75, 3.05) is 44.2 Å². The molecule has 0 spiro atoms. The van der Waals surface area contributed by atoms with Crippen molar-refractivity contribution >= 4 is 17.5 Å². The highest BCUT2D eigenvalue weighted by Crippen LogP contribution is 2.31. The Balaban J connectivity index is 1.65. The zero-order valence-corrected chi connectivity index (χ0v) is 14.5. The molecule has 1 aromatic rings. The summed E-state index contributed by atoms with van der Waals surface area (Å²) >= 11 is 0. The highest BCUT2D eigenvalue weighted by molar-refractivity contribution is 5.95. The second-order valence-electron chi connectivity index (χ2n) is 6.98. The van der Waals surface area contributed by atoms with Crippen LogP contribution >= 0.6 is 0 Å². The number of carboxylic acid groups (broad SMARTS) is 1. The van der Waals surface area contributed by atoms with Gasteiger partial charge < -0.3 is 21.1 Å². The van der Waals surface area contributed by atoms with Gasteiger partial charge in [0.15, 0.2) is 0 Å². The van der Waals surface area contributed by atoms with Gasteiger partial charge in [0.1, 0.15) is 5.84 Å². The molecule has 136 valence electrons. The Morgan fingerprint density at radius 1 is 1.16 bits per heavy atom. The second-order valence-corrected chi connectivity index (χ2v) is 6.98. The first kappa shape index (κ1) is 17.7. The molecule has 0 aliphatic carbocycles. The minimum Gasteiger partial charge on any atom is -0.481 e. The third-order valence-electron chi connectivity index (χ3n) is 5.51. The zero-order chi connectivity index (χ0) is 17.9. The first-order valence-corrected chi connectivity index (χ1v) is 8.87. The summed E-state index contributed by atoms with van der Waals surface area (Å²) in [5.41, 5.74) is 7.16. The number of aliphatic carboxylic acids is 1. The van der Waals surface area contributed by atoms with E-state index in [-0.39, 0.29) is 17.8 Å².